The van der Waals surface area contributed by atoms with Gasteiger partial charge in [-0.15, -0.1) is 0 Å². The van der Waals surface area contributed by atoms with Crippen molar-refractivity contribution < 1.29 is 13.2 Å². The SMILES string of the molecule is CN(CC(F)F)c1ccc(C(N)=S)c(Br)c1F. The minimum atomic E-state index is -2.53. The van der Waals surface area contributed by atoms with Crippen molar-refractivity contribution in [3.63, 3.8) is 0 Å². The summed E-state index contributed by atoms with van der Waals surface area (Å²) < 4.78 is 38.3. The first-order valence-electron chi connectivity index (χ1n) is 4.61. The molecule has 0 fully saturated rings. The molecule has 0 amide bonds. The predicted octanol–water partition coefficient (Wildman–Crippen LogP) is 2.92. The van der Waals surface area contributed by atoms with Crippen molar-refractivity contribution in [1.29, 1.82) is 0 Å². The van der Waals surface area contributed by atoms with Gasteiger partial charge in [0.15, 0.2) is 5.82 Å². The first kappa shape index (κ1) is 14.2. The van der Waals surface area contributed by atoms with Crippen molar-refractivity contribution in [2.45, 2.75) is 6.43 Å². The number of benzene rings is 1. The van der Waals surface area contributed by atoms with E-state index >= 15 is 0 Å². The molecular formula is C10H10BrF3N2S. The van der Waals surface area contributed by atoms with Gasteiger partial charge in [0.1, 0.15) is 4.99 Å². The topological polar surface area (TPSA) is 29.3 Å². The van der Waals surface area contributed by atoms with Crippen LogP contribution in [0.4, 0.5) is 18.9 Å². The molecule has 0 saturated heterocycles. The second-order valence-corrected chi connectivity index (χ2v) is 4.63. The fraction of sp³-hybridized carbons (Fsp3) is 0.300. The van der Waals surface area contributed by atoms with Crippen LogP contribution in [0.2, 0.25) is 0 Å². The number of halogens is 4. The third kappa shape index (κ3) is 3.32. The molecule has 1 aromatic rings. The Kier molecular flexibility index (Phi) is 4.76. The van der Waals surface area contributed by atoms with E-state index in [1.165, 1.54) is 19.2 Å². The fourth-order valence-corrected chi connectivity index (χ4v) is 2.18. The summed E-state index contributed by atoms with van der Waals surface area (Å²) >= 11 is 7.75. The summed E-state index contributed by atoms with van der Waals surface area (Å²) in [6, 6.07) is 2.86. The summed E-state index contributed by atoms with van der Waals surface area (Å²) in [6.45, 7) is -0.546. The van der Waals surface area contributed by atoms with Gasteiger partial charge < -0.3 is 10.6 Å². The zero-order valence-electron chi connectivity index (χ0n) is 8.88. The number of alkyl halides is 2. The summed E-state index contributed by atoms with van der Waals surface area (Å²) in [5.74, 6) is -0.654. The molecule has 0 aromatic heterocycles. The third-order valence-corrected chi connectivity index (χ3v) is 3.15. The number of nitrogens with zero attached hydrogens (tertiary/aromatic N) is 1. The largest absolute Gasteiger partial charge is 0.389 e. The Hall–Kier alpha value is -0.820. The van der Waals surface area contributed by atoms with Crippen LogP contribution in [-0.4, -0.2) is 25.0 Å². The molecule has 94 valence electrons. The lowest BCUT2D eigenvalue weighted by Crippen LogP contribution is -2.25. The van der Waals surface area contributed by atoms with Crippen LogP contribution in [0.5, 0.6) is 0 Å². The molecule has 0 heterocycles. The van der Waals surface area contributed by atoms with Gasteiger partial charge in [0.2, 0.25) is 0 Å². The maximum Gasteiger partial charge on any atom is 0.255 e. The lowest BCUT2D eigenvalue weighted by Gasteiger charge is -2.20. The minimum Gasteiger partial charge on any atom is -0.389 e. The maximum atomic E-state index is 13.9. The van der Waals surface area contributed by atoms with Crippen LogP contribution in [0.15, 0.2) is 16.6 Å². The van der Waals surface area contributed by atoms with Crippen LogP contribution in [0.3, 0.4) is 0 Å². The molecule has 0 saturated carbocycles. The van der Waals surface area contributed by atoms with E-state index in [0.717, 1.165) is 4.90 Å². The molecule has 0 spiro atoms. The Bertz CT molecular complexity index is 440. The van der Waals surface area contributed by atoms with E-state index in [-0.39, 0.29) is 15.1 Å². The molecule has 2 N–H and O–H groups in total. The zero-order valence-corrected chi connectivity index (χ0v) is 11.3. The molecule has 1 aromatic carbocycles. The number of anilines is 1. The van der Waals surface area contributed by atoms with Gasteiger partial charge in [-0.1, -0.05) is 12.2 Å². The molecule has 0 aliphatic carbocycles. The summed E-state index contributed by atoms with van der Waals surface area (Å²) in [5.41, 5.74) is 5.80. The lowest BCUT2D eigenvalue weighted by molar-refractivity contribution is 0.156. The van der Waals surface area contributed by atoms with E-state index in [0.29, 0.717) is 5.56 Å². The molecule has 0 aliphatic rings. The van der Waals surface area contributed by atoms with Crippen molar-refractivity contribution >= 4 is 38.8 Å². The summed E-state index contributed by atoms with van der Waals surface area (Å²) in [5, 5.41) is 0. The van der Waals surface area contributed by atoms with E-state index in [4.69, 9.17) is 18.0 Å². The van der Waals surface area contributed by atoms with Crippen molar-refractivity contribution in [3.8, 4) is 0 Å². The molecule has 7 heteroatoms. The van der Waals surface area contributed by atoms with Crippen molar-refractivity contribution in [2.24, 2.45) is 5.73 Å². The Morgan fingerprint density at radius 2 is 2.12 bits per heavy atom. The van der Waals surface area contributed by atoms with Crippen LogP contribution in [-0.2, 0) is 0 Å². The summed E-state index contributed by atoms with van der Waals surface area (Å²) in [4.78, 5) is 1.17. The second kappa shape index (κ2) is 5.68. The van der Waals surface area contributed by atoms with Crippen LogP contribution >= 0.6 is 28.1 Å². The summed E-state index contributed by atoms with van der Waals surface area (Å²) in [7, 11) is 1.39. The molecule has 17 heavy (non-hydrogen) atoms. The highest BCUT2D eigenvalue weighted by Gasteiger charge is 2.17. The van der Waals surface area contributed by atoms with Gasteiger partial charge in [-0.3, -0.25) is 0 Å². The minimum absolute atomic E-state index is 0.0406. The number of nitrogens with two attached hydrogens (primary N) is 1. The second-order valence-electron chi connectivity index (χ2n) is 3.40. The Morgan fingerprint density at radius 1 is 1.53 bits per heavy atom. The first-order valence-corrected chi connectivity index (χ1v) is 5.81. The zero-order chi connectivity index (χ0) is 13.2. The molecule has 0 radical (unpaired) electrons. The van der Waals surface area contributed by atoms with Crippen LogP contribution < -0.4 is 10.6 Å². The monoisotopic (exact) mass is 326 g/mol. The fourth-order valence-electron chi connectivity index (χ4n) is 1.33. The smallest absolute Gasteiger partial charge is 0.255 e. The lowest BCUT2D eigenvalue weighted by atomic mass is 10.2. The highest BCUT2D eigenvalue weighted by Crippen LogP contribution is 2.29. The van der Waals surface area contributed by atoms with E-state index in [1.807, 2.05) is 0 Å². The van der Waals surface area contributed by atoms with E-state index in [1.54, 1.807) is 0 Å². The molecule has 0 bridgehead atoms. The molecular weight excluding hydrogens is 317 g/mol. The highest BCUT2D eigenvalue weighted by atomic mass is 79.9. The van der Waals surface area contributed by atoms with Crippen molar-refractivity contribution in [2.75, 3.05) is 18.5 Å². The van der Waals surface area contributed by atoms with E-state index < -0.39 is 18.8 Å². The maximum absolute atomic E-state index is 13.9. The van der Waals surface area contributed by atoms with Gasteiger partial charge in [-0.05, 0) is 28.1 Å². The normalized spacial score (nSPS) is 10.7. The summed E-state index contributed by atoms with van der Waals surface area (Å²) in [6.07, 6.45) is -2.53. The number of rotatable bonds is 4. The molecule has 0 unspecified atom stereocenters. The predicted molar refractivity (Wildman–Crippen MR) is 69.3 cm³/mol. The van der Waals surface area contributed by atoms with E-state index in [2.05, 4.69) is 15.9 Å². The molecule has 2 nitrogen and oxygen atoms in total. The van der Waals surface area contributed by atoms with Crippen LogP contribution in [0.25, 0.3) is 0 Å². The van der Waals surface area contributed by atoms with Crippen molar-refractivity contribution in [3.05, 3.63) is 28.0 Å². The molecule has 0 atom stereocenters. The Morgan fingerprint density at radius 3 is 2.59 bits per heavy atom. The molecule has 1 rings (SSSR count). The molecule has 0 aliphatic heterocycles. The first-order chi connectivity index (χ1) is 7.84. The average molecular weight is 327 g/mol. The Labute approximate surface area is 111 Å². The van der Waals surface area contributed by atoms with Gasteiger partial charge in [0.05, 0.1) is 16.7 Å². The van der Waals surface area contributed by atoms with Crippen LogP contribution in [0.1, 0.15) is 5.56 Å². The third-order valence-electron chi connectivity index (χ3n) is 2.15. The van der Waals surface area contributed by atoms with Gasteiger partial charge in [-0.2, -0.15) is 0 Å². The van der Waals surface area contributed by atoms with Gasteiger partial charge in [0.25, 0.3) is 6.43 Å². The number of hydrogen-bond acceptors (Lipinski definition) is 2. The van der Waals surface area contributed by atoms with E-state index in [9.17, 15) is 13.2 Å². The number of thiocarbonyl (C=S) groups is 1. The quantitative estimate of drug-likeness (QED) is 0.863. The highest BCUT2D eigenvalue weighted by molar-refractivity contribution is 9.10. The Balaban J connectivity index is 3.12. The van der Waals surface area contributed by atoms with Crippen LogP contribution in [0, 0.1) is 5.82 Å². The number of hydrogen-bond donors (Lipinski definition) is 1. The van der Waals surface area contributed by atoms with Gasteiger partial charge in [-0.25, -0.2) is 13.2 Å². The average Bonchev–Trinajstić information content (AvgIpc) is 2.20. The standard InChI is InChI=1S/C10H10BrF3N2S/c1-16(4-7(12)13)6-3-2-5(10(15)17)8(11)9(6)14/h2-3,7H,4H2,1H3,(H2,15,17). The van der Waals surface area contributed by atoms with Crippen molar-refractivity contribution in [1.82, 2.24) is 0 Å². The van der Waals surface area contributed by atoms with Gasteiger partial charge >= 0.3 is 0 Å². The van der Waals surface area contributed by atoms with Gasteiger partial charge in [0, 0.05) is 12.6 Å².